The molecule has 1 fully saturated rings. The maximum Gasteiger partial charge on any atom is 0.301 e. The monoisotopic (exact) mass is 572 g/mol. The van der Waals surface area contributed by atoms with Crippen molar-refractivity contribution in [2.45, 2.75) is 39.3 Å². The molecule has 210 valence electrons. The average molecular weight is 573 g/mol. The number of ether oxygens (including phenoxy) is 3. The Morgan fingerprint density at radius 3 is 2.66 bits per heavy atom. The van der Waals surface area contributed by atoms with Gasteiger partial charge in [0.05, 0.1) is 35.0 Å². The number of ketones is 1. The van der Waals surface area contributed by atoms with Gasteiger partial charge in [0.15, 0.2) is 16.6 Å². The quantitative estimate of drug-likeness (QED) is 0.163. The Labute approximate surface area is 240 Å². The lowest BCUT2D eigenvalue weighted by atomic mass is 9.94. The van der Waals surface area contributed by atoms with Crippen molar-refractivity contribution in [2.75, 3.05) is 18.1 Å². The van der Waals surface area contributed by atoms with Crippen LogP contribution in [0.5, 0.6) is 23.0 Å². The molecule has 0 unspecified atom stereocenters. The van der Waals surface area contributed by atoms with Crippen LogP contribution in [0.15, 0.2) is 60.2 Å². The van der Waals surface area contributed by atoms with Gasteiger partial charge in [-0.1, -0.05) is 17.4 Å². The van der Waals surface area contributed by atoms with E-state index in [9.17, 15) is 19.8 Å². The Morgan fingerprint density at radius 1 is 1.07 bits per heavy atom. The van der Waals surface area contributed by atoms with Crippen molar-refractivity contribution < 1.29 is 34.0 Å². The molecule has 3 heterocycles. The topological polar surface area (TPSA) is 118 Å². The standard InChI is InChI=1S/C31H28N2O7S/c1-4-38-20-8-9-21-25(15-20)41-31(32-21)33-27(17-6-10-22(34)24(14-17)39-5-2)26(29(36)30(33)37)28(35)18-7-11-23-19(13-18)12-16(3)40-23/h6-11,13-16,27,34-35H,4-5,12H2,1-3H3/b28-26+/t16-,27+/m1/s1. The van der Waals surface area contributed by atoms with Gasteiger partial charge < -0.3 is 24.4 Å². The van der Waals surface area contributed by atoms with Crippen LogP contribution < -0.4 is 19.1 Å². The van der Waals surface area contributed by atoms with Crippen molar-refractivity contribution in [3.63, 3.8) is 0 Å². The molecule has 2 N–H and O–H groups in total. The lowest BCUT2D eigenvalue weighted by Crippen LogP contribution is -2.29. The summed E-state index contributed by atoms with van der Waals surface area (Å²) in [6, 6.07) is 14.3. The lowest BCUT2D eigenvalue weighted by molar-refractivity contribution is -0.132. The van der Waals surface area contributed by atoms with Crippen LogP contribution in [0.1, 0.15) is 43.5 Å². The SMILES string of the molecule is CCOc1ccc2nc(N3C(=O)C(=O)/C(=C(/O)c4ccc5c(c4)C[C@@H](C)O5)[C@@H]3c3ccc(O)c(OCC)c3)sc2c1. The number of anilines is 1. The summed E-state index contributed by atoms with van der Waals surface area (Å²) in [5.41, 5.74) is 2.34. The molecule has 2 aliphatic heterocycles. The predicted octanol–water partition coefficient (Wildman–Crippen LogP) is 5.75. The number of phenolic OH excluding ortho intramolecular Hbond substituents is 1. The Kier molecular flexibility index (Phi) is 6.78. The predicted molar refractivity (Wildman–Crippen MR) is 155 cm³/mol. The summed E-state index contributed by atoms with van der Waals surface area (Å²) in [4.78, 5) is 33.3. The van der Waals surface area contributed by atoms with E-state index in [1.165, 1.54) is 22.3 Å². The number of aromatic nitrogens is 1. The molecule has 0 bridgehead atoms. The second kappa shape index (κ2) is 10.4. The second-order valence-electron chi connectivity index (χ2n) is 9.84. The number of hydrogen-bond donors (Lipinski definition) is 2. The summed E-state index contributed by atoms with van der Waals surface area (Å²) in [5, 5.41) is 22.2. The maximum absolute atomic E-state index is 13.7. The highest BCUT2D eigenvalue weighted by molar-refractivity contribution is 7.22. The average Bonchev–Trinajstić information content (AvgIpc) is 3.62. The van der Waals surface area contributed by atoms with E-state index >= 15 is 0 Å². The minimum Gasteiger partial charge on any atom is -0.507 e. The van der Waals surface area contributed by atoms with Crippen molar-refractivity contribution >= 4 is 44.1 Å². The zero-order valence-electron chi connectivity index (χ0n) is 22.7. The van der Waals surface area contributed by atoms with Crippen LogP contribution in [0, 0.1) is 0 Å². The highest BCUT2D eigenvalue weighted by Gasteiger charge is 2.48. The molecule has 0 radical (unpaired) electrons. The van der Waals surface area contributed by atoms with Crippen LogP contribution >= 0.6 is 11.3 Å². The molecule has 6 rings (SSSR count). The van der Waals surface area contributed by atoms with Crippen molar-refractivity contribution in [3.05, 3.63) is 76.9 Å². The van der Waals surface area contributed by atoms with E-state index in [2.05, 4.69) is 4.98 Å². The molecule has 41 heavy (non-hydrogen) atoms. The molecule has 0 saturated carbocycles. The third kappa shape index (κ3) is 4.63. The van der Waals surface area contributed by atoms with Gasteiger partial charge in [0.2, 0.25) is 0 Å². The largest absolute Gasteiger partial charge is 0.507 e. The number of rotatable bonds is 7. The van der Waals surface area contributed by atoms with Crippen molar-refractivity contribution in [1.29, 1.82) is 0 Å². The first kappa shape index (κ1) is 26.6. The molecule has 1 amide bonds. The third-order valence-electron chi connectivity index (χ3n) is 7.08. The molecule has 3 aromatic carbocycles. The van der Waals surface area contributed by atoms with Crippen LogP contribution in [-0.4, -0.2) is 46.2 Å². The number of amides is 1. The van der Waals surface area contributed by atoms with E-state index in [0.29, 0.717) is 47.2 Å². The lowest BCUT2D eigenvalue weighted by Gasteiger charge is -2.23. The highest BCUT2D eigenvalue weighted by Crippen LogP contribution is 2.46. The summed E-state index contributed by atoms with van der Waals surface area (Å²) in [6.45, 7) is 6.44. The van der Waals surface area contributed by atoms with Crippen LogP contribution in [0.4, 0.5) is 5.13 Å². The summed E-state index contributed by atoms with van der Waals surface area (Å²) in [5.74, 6) is -0.434. The van der Waals surface area contributed by atoms with Crippen molar-refractivity contribution in [3.8, 4) is 23.0 Å². The van der Waals surface area contributed by atoms with Crippen LogP contribution in [0.25, 0.3) is 16.0 Å². The Balaban J connectivity index is 1.53. The van der Waals surface area contributed by atoms with Gasteiger partial charge in [-0.15, -0.1) is 0 Å². The van der Waals surface area contributed by atoms with Crippen LogP contribution in [-0.2, 0) is 16.0 Å². The number of phenols is 1. The molecule has 9 nitrogen and oxygen atoms in total. The normalized spacial score (nSPS) is 19.4. The molecular formula is C31H28N2O7S. The highest BCUT2D eigenvalue weighted by atomic mass is 32.1. The fourth-order valence-electron chi connectivity index (χ4n) is 5.29. The van der Waals surface area contributed by atoms with Gasteiger partial charge in [-0.05, 0) is 80.4 Å². The minimum absolute atomic E-state index is 0.00392. The van der Waals surface area contributed by atoms with Crippen LogP contribution in [0.2, 0.25) is 0 Å². The van der Waals surface area contributed by atoms with Gasteiger partial charge in [0.1, 0.15) is 23.4 Å². The van der Waals surface area contributed by atoms with E-state index in [1.54, 1.807) is 49.4 Å². The number of thiazole rings is 1. The summed E-state index contributed by atoms with van der Waals surface area (Å²) < 4.78 is 17.8. The second-order valence-corrected chi connectivity index (χ2v) is 10.9. The fourth-order valence-corrected chi connectivity index (χ4v) is 6.31. The minimum atomic E-state index is -1.02. The zero-order chi connectivity index (χ0) is 28.8. The number of carbonyl (C=O) groups is 2. The Bertz CT molecular complexity index is 1730. The Morgan fingerprint density at radius 2 is 1.88 bits per heavy atom. The van der Waals surface area contributed by atoms with Gasteiger partial charge in [-0.25, -0.2) is 4.98 Å². The number of carbonyl (C=O) groups excluding carboxylic acids is 2. The molecule has 2 aliphatic rings. The van der Waals surface area contributed by atoms with E-state index in [-0.39, 0.29) is 28.9 Å². The number of aliphatic hydroxyl groups excluding tert-OH is 1. The molecule has 0 spiro atoms. The maximum atomic E-state index is 13.7. The summed E-state index contributed by atoms with van der Waals surface area (Å²) in [7, 11) is 0. The van der Waals surface area contributed by atoms with Gasteiger partial charge in [0.25, 0.3) is 5.78 Å². The van der Waals surface area contributed by atoms with Crippen molar-refractivity contribution in [1.82, 2.24) is 4.98 Å². The van der Waals surface area contributed by atoms with Gasteiger partial charge in [-0.3, -0.25) is 14.5 Å². The van der Waals surface area contributed by atoms with E-state index in [4.69, 9.17) is 14.2 Å². The first-order valence-corrected chi connectivity index (χ1v) is 14.2. The number of aromatic hydroxyl groups is 1. The number of hydrogen-bond acceptors (Lipinski definition) is 9. The smallest absolute Gasteiger partial charge is 0.301 e. The molecule has 2 atom stereocenters. The third-order valence-corrected chi connectivity index (χ3v) is 8.10. The fraction of sp³-hybridized carbons (Fsp3) is 0.258. The van der Waals surface area contributed by atoms with Gasteiger partial charge in [0, 0.05) is 12.0 Å². The number of Topliss-reactive ketones (excluding diaryl/α,β-unsaturated/α-hetero) is 1. The molecule has 1 aromatic heterocycles. The molecule has 4 aromatic rings. The van der Waals surface area contributed by atoms with Crippen molar-refractivity contribution in [2.24, 2.45) is 0 Å². The molecular weight excluding hydrogens is 544 g/mol. The first-order valence-electron chi connectivity index (χ1n) is 13.4. The van der Waals surface area contributed by atoms with E-state index in [0.717, 1.165) is 16.0 Å². The van der Waals surface area contributed by atoms with E-state index < -0.39 is 17.7 Å². The number of benzene rings is 3. The first-order chi connectivity index (χ1) is 19.8. The van der Waals surface area contributed by atoms with Crippen LogP contribution in [0.3, 0.4) is 0 Å². The summed E-state index contributed by atoms with van der Waals surface area (Å²) in [6.07, 6.45) is 0.670. The number of aliphatic hydroxyl groups is 1. The Hall–Kier alpha value is -4.57. The molecule has 0 aliphatic carbocycles. The molecule has 1 saturated heterocycles. The zero-order valence-corrected chi connectivity index (χ0v) is 23.5. The summed E-state index contributed by atoms with van der Waals surface area (Å²) >= 11 is 1.24. The number of nitrogens with zero attached hydrogens (tertiary/aromatic N) is 2. The number of fused-ring (bicyclic) bond motifs is 2. The molecule has 10 heteroatoms. The van der Waals surface area contributed by atoms with Gasteiger partial charge in [-0.2, -0.15) is 0 Å². The van der Waals surface area contributed by atoms with E-state index in [1.807, 2.05) is 19.9 Å². The van der Waals surface area contributed by atoms with Gasteiger partial charge >= 0.3 is 5.91 Å².